The number of halogens is 2. The number of anilines is 1. The van der Waals surface area contributed by atoms with Crippen LogP contribution < -0.4 is 11.3 Å². The number of hydrogen-bond donors (Lipinski definition) is 1. The van der Waals surface area contributed by atoms with Crippen LogP contribution in [0.3, 0.4) is 0 Å². The van der Waals surface area contributed by atoms with Crippen molar-refractivity contribution in [1.82, 2.24) is 9.78 Å². The number of nitrogens with zero attached hydrogens (tertiary/aromatic N) is 2. The lowest BCUT2D eigenvalue weighted by Crippen LogP contribution is -2.23. The molecule has 1 aromatic heterocycles. The van der Waals surface area contributed by atoms with Crippen molar-refractivity contribution in [2.75, 3.05) is 5.73 Å². The Labute approximate surface area is 95.3 Å². The lowest BCUT2D eigenvalue weighted by molar-refractivity contribution is 0.489. The average molecular weight is 237 g/mol. The van der Waals surface area contributed by atoms with E-state index >= 15 is 0 Å². The molecule has 2 rings (SSSR count). The van der Waals surface area contributed by atoms with Gasteiger partial charge in [-0.2, -0.15) is 5.10 Å². The van der Waals surface area contributed by atoms with Gasteiger partial charge < -0.3 is 5.73 Å². The first-order chi connectivity index (χ1) is 8.08. The third-order valence-corrected chi connectivity index (χ3v) is 2.24. The summed E-state index contributed by atoms with van der Waals surface area (Å²) in [5.41, 5.74) is 5.03. The predicted octanol–water partition coefficient (Wildman–Crippen LogP) is 1.15. The van der Waals surface area contributed by atoms with Crippen molar-refractivity contribution in [1.29, 1.82) is 0 Å². The maximum absolute atomic E-state index is 13.4. The van der Waals surface area contributed by atoms with Crippen molar-refractivity contribution in [3.8, 4) is 0 Å². The van der Waals surface area contributed by atoms with E-state index in [1.54, 1.807) is 0 Å². The van der Waals surface area contributed by atoms with E-state index in [4.69, 9.17) is 5.73 Å². The second kappa shape index (κ2) is 4.32. The van der Waals surface area contributed by atoms with E-state index in [0.717, 1.165) is 10.7 Å². The number of benzene rings is 1. The molecule has 0 bridgehead atoms. The quantitative estimate of drug-likeness (QED) is 0.852. The van der Waals surface area contributed by atoms with Gasteiger partial charge in [-0.25, -0.2) is 13.5 Å². The Bertz CT molecular complexity index is 610. The summed E-state index contributed by atoms with van der Waals surface area (Å²) in [6.45, 7) is -0.159. The topological polar surface area (TPSA) is 60.9 Å². The van der Waals surface area contributed by atoms with Gasteiger partial charge in [0.05, 0.1) is 6.54 Å². The molecule has 0 saturated heterocycles. The Morgan fingerprint density at radius 3 is 2.76 bits per heavy atom. The standard InChI is InChI=1S/C11H9F2N3O/c12-8-3-1-2-7(11(8)13)6-16-10(17)5-4-9(14)15-16/h1-5H,6H2,(H2,14,15). The van der Waals surface area contributed by atoms with Gasteiger partial charge in [0.1, 0.15) is 5.82 Å². The Kier molecular flexibility index (Phi) is 2.86. The molecular weight excluding hydrogens is 228 g/mol. The fourth-order valence-electron chi connectivity index (χ4n) is 1.41. The van der Waals surface area contributed by atoms with Crippen LogP contribution in [0.25, 0.3) is 0 Å². The highest BCUT2D eigenvalue weighted by molar-refractivity contribution is 5.24. The molecule has 0 aliphatic rings. The minimum atomic E-state index is -0.983. The van der Waals surface area contributed by atoms with Gasteiger partial charge in [0, 0.05) is 11.6 Å². The van der Waals surface area contributed by atoms with Crippen LogP contribution in [0.5, 0.6) is 0 Å². The van der Waals surface area contributed by atoms with E-state index in [-0.39, 0.29) is 17.9 Å². The molecule has 2 N–H and O–H groups in total. The Balaban J connectivity index is 2.41. The largest absolute Gasteiger partial charge is 0.382 e. The minimum absolute atomic E-state index is 0.0465. The Morgan fingerprint density at radius 1 is 1.24 bits per heavy atom. The molecule has 0 aliphatic heterocycles. The molecule has 0 atom stereocenters. The Hall–Kier alpha value is -2.24. The van der Waals surface area contributed by atoms with Gasteiger partial charge in [-0.05, 0) is 12.1 Å². The molecule has 2 aromatic rings. The van der Waals surface area contributed by atoms with Gasteiger partial charge in [0.25, 0.3) is 5.56 Å². The summed E-state index contributed by atoms with van der Waals surface area (Å²) in [5, 5.41) is 3.73. The second-order valence-electron chi connectivity index (χ2n) is 3.47. The first-order valence-corrected chi connectivity index (χ1v) is 4.84. The summed E-state index contributed by atoms with van der Waals surface area (Å²) < 4.78 is 27.3. The minimum Gasteiger partial charge on any atom is -0.382 e. The van der Waals surface area contributed by atoms with Crippen LogP contribution >= 0.6 is 0 Å². The molecule has 0 unspecified atom stereocenters. The van der Waals surface area contributed by atoms with E-state index in [2.05, 4.69) is 5.10 Å². The second-order valence-corrected chi connectivity index (χ2v) is 3.47. The molecule has 0 radical (unpaired) electrons. The van der Waals surface area contributed by atoms with Gasteiger partial charge in [-0.15, -0.1) is 0 Å². The first-order valence-electron chi connectivity index (χ1n) is 4.84. The molecule has 17 heavy (non-hydrogen) atoms. The van der Waals surface area contributed by atoms with Crippen molar-refractivity contribution < 1.29 is 8.78 Å². The number of aromatic nitrogens is 2. The zero-order valence-electron chi connectivity index (χ0n) is 8.73. The third-order valence-electron chi connectivity index (χ3n) is 2.24. The van der Waals surface area contributed by atoms with Gasteiger partial charge in [0.2, 0.25) is 0 Å². The van der Waals surface area contributed by atoms with Crippen LogP contribution in [0.15, 0.2) is 35.1 Å². The molecule has 0 amide bonds. The summed E-state index contributed by atoms with van der Waals surface area (Å²) in [4.78, 5) is 11.4. The Morgan fingerprint density at radius 2 is 2.00 bits per heavy atom. The summed E-state index contributed by atoms with van der Waals surface area (Å²) in [7, 11) is 0. The normalized spacial score (nSPS) is 10.5. The highest BCUT2D eigenvalue weighted by Gasteiger charge is 2.09. The molecule has 0 aliphatic carbocycles. The molecular formula is C11H9F2N3O. The average Bonchev–Trinajstić information content (AvgIpc) is 2.30. The number of hydrogen-bond acceptors (Lipinski definition) is 3. The number of rotatable bonds is 2. The van der Waals surface area contributed by atoms with Gasteiger partial charge in [-0.3, -0.25) is 4.79 Å². The van der Waals surface area contributed by atoms with Gasteiger partial charge >= 0.3 is 0 Å². The lowest BCUT2D eigenvalue weighted by Gasteiger charge is -2.06. The maximum Gasteiger partial charge on any atom is 0.267 e. The zero-order valence-corrected chi connectivity index (χ0v) is 8.73. The van der Waals surface area contributed by atoms with Crippen molar-refractivity contribution >= 4 is 5.82 Å². The van der Waals surface area contributed by atoms with Crippen molar-refractivity contribution in [3.05, 3.63) is 57.9 Å². The fourth-order valence-corrected chi connectivity index (χ4v) is 1.41. The summed E-state index contributed by atoms with van der Waals surface area (Å²) in [6.07, 6.45) is 0. The molecule has 1 aromatic carbocycles. The first kappa shape index (κ1) is 11.3. The molecule has 1 heterocycles. The third kappa shape index (κ3) is 2.30. The van der Waals surface area contributed by atoms with Crippen LogP contribution in [0, 0.1) is 11.6 Å². The van der Waals surface area contributed by atoms with E-state index in [1.807, 2.05) is 0 Å². The van der Waals surface area contributed by atoms with Crippen LogP contribution in [-0.4, -0.2) is 9.78 Å². The van der Waals surface area contributed by atoms with Gasteiger partial charge in [-0.1, -0.05) is 12.1 Å². The van der Waals surface area contributed by atoms with Crippen molar-refractivity contribution in [2.45, 2.75) is 6.54 Å². The molecule has 0 spiro atoms. The highest BCUT2D eigenvalue weighted by atomic mass is 19.2. The summed E-state index contributed by atoms with van der Waals surface area (Å²) >= 11 is 0. The number of nitrogens with two attached hydrogens (primary N) is 1. The molecule has 0 saturated carbocycles. The van der Waals surface area contributed by atoms with Crippen LogP contribution in [-0.2, 0) is 6.54 Å². The molecule has 88 valence electrons. The smallest absolute Gasteiger partial charge is 0.267 e. The zero-order chi connectivity index (χ0) is 12.4. The highest BCUT2D eigenvalue weighted by Crippen LogP contribution is 2.11. The van der Waals surface area contributed by atoms with Gasteiger partial charge in [0.15, 0.2) is 11.6 Å². The lowest BCUT2D eigenvalue weighted by atomic mass is 10.2. The van der Waals surface area contributed by atoms with E-state index in [9.17, 15) is 13.6 Å². The SMILES string of the molecule is Nc1ccc(=O)n(Cc2cccc(F)c2F)n1. The van der Waals surface area contributed by atoms with Crippen LogP contribution in [0.1, 0.15) is 5.56 Å². The molecule has 4 nitrogen and oxygen atoms in total. The van der Waals surface area contributed by atoms with Crippen LogP contribution in [0.4, 0.5) is 14.6 Å². The fraction of sp³-hybridized carbons (Fsp3) is 0.0909. The summed E-state index contributed by atoms with van der Waals surface area (Å²) in [5.74, 6) is -1.80. The van der Waals surface area contributed by atoms with Crippen molar-refractivity contribution in [3.63, 3.8) is 0 Å². The van der Waals surface area contributed by atoms with Crippen molar-refractivity contribution in [2.24, 2.45) is 0 Å². The van der Waals surface area contributed by atoms with E-state index in [0.29, 0.717) is 0 Å². The molecule has 0 fully saturated rings. The number of nitrogen functional groups attached to an aromatic ring is 1. The molecule has 6 heteroatoms. The van der Waals surface area contributed by atoms with E-state index in [1.165, 1.54) is 24.3 Å². The monoisotopic (exact) mass is 237 g/mol. The predicted molar refractivity (Wildman–Crippen MR) is 58.4 cm³/mol. The maximum atomic E-state index is 13.4. The van der Waals surface area contributed by atoms with E-state index < -0.39 is 17.2 Å². The van der Waals surface area contributed by atoms with Crippen LogP contribution in [0.2, 0.25) is 0 Å². The summed E-state index contributed by atoms with van der Waals surface area (Å²) in [6, 6.07) is 6.33.